The Hall–Kier alpha value is -0.900. The smallest absolute Gasteiger partial charge is 0.236 e. The van der Waals surface area contributed by atoms with E-state index < -0.39 is 0 Å². The van der Waals surface area contributed by atoms with Crippen molar-refractivity contribution >= 4 is 11.7 Å². The molecule has 14 heavy (non-hydrogen) atoms. The van der Waals surface area contributed by atoms with E-state index in [0.29, 0.717) is 19.5 Å². The van der Waals surface area contributed by atoms with Gasteiger partial charge in [-0.2, -0.15) is 0 Å². The zero-order chi connectivity index (χ0) is 10.6. The average molecular weight is 198 g/mol. The molecule has 0 aromatic carbocycles. The second-order valence-electron chi connectivity index (χ2n) is 3.76. The summed E-state index contributed by atoms with van der Waals surface area (Å²) in [6, 6.07) is 0. The summed E-state index contributed by atoms with van der Waals surface area (Å²) < 4.78 is 0. The molecule has 1 fully saturated rings. The molecule has 0 aromatic heterocycles. The SMILES string of the molecule is CCN(C)C(=O)CN1CCCC(=O)C1. The minimum Gasteiger partial charge on any atom is -0.345 e. The zero-order valence-corrected chi connectivity index (χ0v) is 8.95. The quantitative estimate of drug-likeness (QED) is 0.647. The molecule has 0 aliphatic carbocycles. The van der Waals surface area contributed by atoms with Crippen LogP contribution in [0.4, 0.5) is 0 Å². The topological polar surface area (TPSA) is 40.6 Å². The van der Waals surface area contributed by atoms with Crippen molar-refractivity contribution in [1.82, 2.24) is 9.80 Å². The van der Waals surface area contributed by atoms with Crippen molar-refractivity contribution in [3.63, 3.8) is 0 Å². The zero-order valence-electron chi connectivity index (χ0n) is 8.95. The van der Waals surface area contributed by atoms with Gasteiger partial charge in [0.05, 0.1) is 13.1 Å². The fourth-order valence-corrected chi connectivity index (χ4v) is 1.53. The van der Waals surface area contributed by atoms with Gasteiger partial charge in [0.25, 0.3) is 0 Å². The van der Waals surface area contributed by atoms with Gasteiger partial charge in [-0.25, -0.2) is 0 Å². The molecule has 1 aliphatic heterocycles. The second kappa shape index (κ2) is 5.10. The first kappa shape index (κ1) is 11.2. The molecule has 1 amide bonds. The lowest BCUT2D eigenvalue weighted by Crippen LogP contribution is -2.43. The van der Waals surface area contributed by atoms with Gasteiger partial charge in [0.1, 0.15) is 5.78 Å². The lowest BCUT2D eigenvalue weighted by molar-refractivity contribution is -0.132. The molecule has 1 heterocycles. The van der Waals surface area contributed by atoms with Gasteiger partial charge >= 0.3 is 0 Å². The third kappa shape index (κ3) is 3.10. The molecule has 0 atom stereocenters. The number of amides is 1. The minimum absolute atomic E-state index is 0.0993. The third-order valence-electron chi connectivity index (χ3n) is 2.59. The Labute approximate surface area is 84.9 Å². The number of likely N-dealkylation sites (N-methyl/N-ethyl adjacent to an activating group) is 1. The molecule has 1 saturated heterocycles. The Kier molecular flexibility index (Phi) is 4.07. The molecule has 0 saturated carbocycles. The van der Waals surface area contributed by atoms with Gasteiger partial charge < -0.3 is 4.90 Å². The first-order chi connectivity index (χ1) is 6.63. The Morgan fingerprint density at radius 3 is 2.86 bits per heavy atom. The predicted octanol–water partition coefficient (Wildman–Crippen LogP) is 0.130. The summed E-state index contributed by atoms with van der Waals surface area (Å²) >= 11 is 0. The Balaban J connectivity index is 2.36. The molecule has 0 spiro atoms. The number of carbonyl (C=O) groups is 2. The number of likely N-dealkylation sites (tertiary alicyclic amines) is 1. The average Bonchev–Trinajstić information content (AvgIpc) is 2.16. The van der Waals surface area contributed by atoms with Crippen LogP contribution in [0.2, 0.25) is 0 Å². The molecular weight excluding hydrogens is 180 g/mol. The van der Waals surface area contributed by atoms with Crippen molar-refractivity contribution in [2.24, 2.45) is 0 Å². The molecule has 1 aliphatic rings. The van der Waals surface area contributed by atoms with Crippen LogP contribution in [0.1, 0.15) is 19.8 Å². The summed E-state index contributed by atoms with van der Waals surface area (Å²) in [7, 11) is 1.79. The van der Waals surface area contributed by atoms with Gasteiger partial charge in [-0.05, 0) is 19.9 Å². The highest BCUT2D eigenvalue weighted by Gasteiger charge is 2.19. The largest absolute Gasteiger partial charge is 0.345 e. The van der Waals surface area contributed by atoms with Crippen molar-refractivity contribution in [3.05, 3.63) is 0 Å². The van der Waals surface area contributed by atoms with Crippen LogP contribution < -0.4 is 0 Å². The molecule has 0 unspecified atom stereocenters. The maximum absolute atomic E-state index is 11.5. The number of carbonyl (C=O) groups excluding carboxylic acids is 2. The number of piperidine rings is 1. The summed E-state index contributed by atoms with van der Waals surface area (Å²) in [5.41, 5.74) is 0. The molecule has 0 bridgehead atoms. The Morgan fingerprint density at radius 2 is 2.29 bits per heavy atom. The van der Waals surface area contributed by atoms with E-state index in [0.717, 1.165) is 19.5 Å². The maximum Gasteiger partial charge on any atom is 0.236 e. The van der Waals surface area contributed by atoms with Crippen molar-refractivity contribution < 1.29 is 9.59 Å². The highest BCUT2D eigenvalue weighted by atomic mass is 16.2. The van der Waals surface area contributed by atoms with E-state index in [2.05, 4.69) is 0 Å². The number of hydrogen-bond donors (Lipinski definition) is 0. The Bertz CT molecular complexity index is 228. The monoisotopic (exact) mass is 198 g/mol. The number of nitrogens with zero attached hydrogens (tertiary/aromatic N) is 2. The van der Waals surface area contributed by atoms with Gasteiger partial charge in [0.2, 0.25) is 5.91 Å². The first-order valence-electron chi connectivity index (χ1n) is 5.11. The lowest BCUT2D eigenvalue weighted by Gasteiger charge is -2.26. The van der Waals surface area contributed by atoms with Gasteiger partial charge in [-0.3, -0.25) is 14.5 Å². The van der Waals surface area contributed by atoms with Crippen molar-refractivity contribution in [1.29, 1.82) is 0 Å². The lowest BCUT2D eigenvalue weighted by atomic mass is 10.1. The van der Waals surface area contributed by atoms with E-state index >= 15 is 0 Å². The molecule has 80 valence electrons. The highest BCUT2D eigenvalue weighted by Crippen LogP contribution is 2.05. The first-order valence-corrected chi connectivity index (χ1v) is 5.11. The summed E-state index contributed by atoms with van der Waals surface area (Å²) in [5, 5.41) is 0. The standard InChI is InChI=1S/C10H18N2O2/c1-3-11(2)10(14)8-12-6-4-5-9(13)7-12/h3-8H2,1-2H3. The predicted molar refractivity (Wildman–Crippen MR) is 54.0 cm³/mol. The van der Waals surface area contributed by atoms with Crippen LogP contribution in [-0.2, 0) is 9.59 Å². The fraction of sp³-hybridized carbons (Fsp3) is 0.800. The molecule has 0 N–H and O–H groups in total. The van der Waals surface area contributed by atoms with Crippen LogP contribution in [0.25, 0.3) is 0 Å². The van der Waals surface area contributed by atoms with Crippen molar-refractivity contribution in [2.75, 3.05) is 33.2 Å². The second-order valence-corrected chi connectivity index (χ2v) is 3.76. The van der Waals surface area contributed by atoms with Gasteiger partial charge in [0, 0.05) is 20.0 Å². The summed E-state index contributed by atoms with van der Waals surface area (Å²) in [6.45, 7) is 4.37. The van der Waals surface area contributed by atoms with Crippen LogP contribution in [-0.4, -0.2) is 54.7 Å². The molecule has 1 rings (SSSR count). The number of Topliss-reactive ketones (excluding diaryl/α,β-unsaturated/α-hetero) is 1. The summed E-state index contributed by atoms with van der Waals surface area (Å²) in [5.74, 6) is 0.352. The fourth-order valence-electron chi connectivity index (χ4n) is 1.53. The van der Waals surface area contributed by atoms with Crippen LogP contribution >= 0.6 is 0 Å². The van der Waals surface area contributed by atoms with E-state index in [1.807, 2.05) is 11.8 Å². The molecule has 4 heteroatoms. The molecule has 0 radical (unpaired) electrons. The molecule has 0 aromatic rings. The van der Waals surface area contributed by atoms with Crippen molar-refractivity contribution in [2.45, 2.75) is 19.8 Å². The maximum atomic E-state index is 11.5. The van der Waals surface area contributed by atoms with E-state index in [1.165, 1.54) is 0 Å². The third-order valence-corrected chi connectivity index (χ3v) is 2.59. The van der Waals surface area contributed by atoms with Crippen LogP contribution in [0.15, 0.2) is 0 Å². The van der Waals surface area contributed by atoms with E-state index in [1.54, 1.807) is 11.9 Å². The minimum atomic E-state index is 0.0993. The van der Waals surface area contributed by atoms with Gasteiger partial charge in [-0.1, -0.05) is 0 Å². The summed E-state index contributed by atoms with van der Waals surface area (Å²) in [4.78, 5) is 26.3. The van der Waals surface area contributed by atoms with Crippen LogP contribution in [0, 0.1) is 0 Å². The van der Waals surface area contributed by atoms with Gasteiger partial charge in [-0.15, -0.1) is 0 Å². The van der Waals surface area contributed by atoms with E-state index in [-0.39, 0.29) is 11.7 Å². The summed E-state index contributed by atoms with van der Waals surface area (Å²) in [6.07, 6.45) is 1.57. The number of rotatable bonds is 3. The normalized spacial score (nSPS) is 18.3. The van der Waals surface area contributed by atoms with Crippen LogP contribution in [0.5, 0.6) is 0 Å². The highest BCUT2D eigenvalue weighted by molar-refractivity contribution is 5.83. The van der Waals surface area contributed by atoms with Gasteiger partial charge in [0.15, 0.2) is 0 Å². The van der Waals surface area contributed by atoms with Crippen LogP contribution in [0.3, 0.4) is 0 Å². The Morgan fingerprint density at radius 1 is 1.57 bits per heavy atom. The number of hydrogen-bond acceptors (Lipinski definition) is 3. The molecule has 4 nitrogen and oxygen atoms in total. The number of ketones is 1. The van der Waals surface area contributed by atoms with E-state index in [4.69, 9.17) is 0 Å². The molecular formula is C10H18N2O2. The van der Waals surface area contributed by atoms with E-state index in [9.17, 15) is 9.59 Å². The van der Waals surface area contributed by atoms with Crippen molar-refractivity contribution in [3.8, 4) is 0 Å².